The molecular weight excluding hydrogens is 522 g/mol. The molecule has 0 aliphatic carbocycles. The van der Waals surface area contributed by atoms with Crippen LogP contribution in [0.2, 0.25) is 0 Å². The van der Waals surface area contributed by atoms with Crippen LogP contribution in [-0.4, -0.2) is 43.8 Å². The van der Waals surface area contributed by atoms with Gasteiger partial charge in [-0.1, -0.05) is 73.5 Å². The summed E-state index contributed by atoms with van der Waals surface area (Å²) in [5.74, 6) is -0.704. The predicted molar refractivity (Wildman–Crippen MR) is 161 cm³/mol. The third-order valence-corrected chi connectivity index (χ3v) is 8.83. The van der Waals surface area contributed by atoms with Gasteiger partial charge in [0.1, 0.15) is 12.6 Å². The Morgan fingerprint density at radius 3 is 1.98 bits per heavy atom. The number of rotatable bonds is 12. The first-order valence-electron chi connectivity index (χ1n) is 13.8. The van der Waals surface area contributed by atoms with Crippen LogP contribution in [0.3, 0.4) is 0 Å². The van der Waals surface area contributed by atoms with Crippen molar-refractivity contribution in [2.75, 3.05) is 10.8 Å². The van der Waals surface area contributed by atoms with Gasteiger partial charge in [0.15, 0.2) is 0 Å². The van der Waals surface area contributed by atoms with Gasteiger partial charge in [-0.05, 0) is 75.9 Å². The van der Waals surface area contributed by atoms with Crippen molar-refractivity contribution in [3.8, 4) is 0 Å². The van der Waals surface area contributed by atoms with E-state index in [0.717, 1.165) is 33.0 Å². The maximum Gasteiger partial charge on any atom is 0.264 e. The molecule has 1 N–H and O–H groups in total. The average molecular weight is 564 g/mol. The predicted octanol–water partition coefficient (Wildman–Crippen LogP) is 5.53. The van der Waals surface area contributed by atoms with E-state index in [0.29, 0.717) is 12.1 Å². The quantitative estimate of drug-likeness (QED) is 0.314. The lowest BCUT2D eigenvalue weighted by Gasteiger charge is -2.33. The van der Waals surface area contributed by atoms with Crippen molar-refractivity contribution in [3.05, 3.63) is 95.1 Å². The number of carbonyl (C=O) groups is 2. The minimum absolute atomic E-state index is 0.0522. The number of sulfonamides is 1. The number of carbonyl (C=O) groups excluding carboxylic acids is 2. The lowest BCUT2D eigenvalue weighted by atomic mass is 10.1. The zero-order valence-corrected chi connectivity index (χ0v) is 25.2. The average Bonchev–Trinajstić information content (AvgIpc) is 2.92. The van der Waals surface area contributed by atoms with Gasteiger partial charge in [-0.15, -0.1) is 0 Å². The third-order valence-electron chi connectivity index (χ3n) is 7.04. The molecule has 0 fully saturated rings. The molecule has 40 heavy (non-hydrogen) atoms. The normalized spacial score (nSPS) is 12.8. The molecule has 0 aliphatic heterocycles. The highest BCUT2D eigenvalue weighted by Gasteiger charge is 2.34. The fraction of sp³-hybridized carbons (Fsp3) is 0.375. The summed E-state index contributed by atoms with van der Waals surface area (Å²) in [6.45, 7) is 11.2. The van der Waals surface area contributed by atoms with Crippen LogP contribution in [0.25, 0.3) is 0 Å². The minimum atomic E-state index is -4.09. The monoisotopic (exact) mass is 563 g/mol. The Labute approximate surface area is 239 Å². The minimum Gasteiger partial charge on any atom is -0.352 e. The largest absolute Gasteiger partial charge is 0.352 e. The lowest BCUT2D eigenvalue weighted by Crippen LogP contribution is -2.53. The fourth-order valence-corrected chi connectivity index (χ4v) is 5.81. The summed E-state index contributed by atoms with van der Waals surface area (Å²) < 4.78 is 29.0. The van der Waals surface area contributed by atoms with Crippen LogP contribution in [0, 0.1) is 20.8 Å². The van der Waals surface area contributed by atoms with Crippen LogP contribution in [0.15, 0.2) is 77.7 Å². The van der Waals surface area contributed by atoms with Gasteiger partial charge in [-0.2, -0.15) is 0 Å². The Morgan fingerprint density at radius 1 is 0.825 bits per heavy atom. The molecule has 3 aromatic carbocycles. The molecule has 0 saturated carbocycles. The highest BCUT2D eigenvalue weighted by atomic mass is 32.2. The van der Waals surface area contributed by atoms with Crippen molar-refractivity contribution in [1.82, 2.24) is 10.2 Å². The van der Waals surface area contributed by atoms with Crippen molar-refractivity contribution in [3.63, 3.8) is 0 Å². The van der Waals surface area contributed by atoms with Gasteiger partial charge in [0.25, 0.3) is 10.0 Å². The van der Waals surface area contributed by atoms with Crippen molar-refractivity contribution >= 4 is 27.5 Å². The van der Waals surface area contributed by atoms with Gasteiger partial charge >= 0.3 is 0 Å². The first-order valence-corrected chi connectivity index (χ1v) is 15.2. The highest BCUT2D eigenvalue weighted by Crippen LogP contribution is 2.26. The number of anilines is 1. The van der Waals surface area contributed by atoms with Crippen molar-refractivity contribution < 1.29 is 18.0 Å². The Kier molecular flexibility index (Phi) is 10.5. The van der Waals surface area contributed by atoms with E-state index >= 15 is 0 Å². The lowest BCUT2D eigenvalue weighted by molar-refractivity contribution is -0.140. The third kappa shape index (κ3) is 7.72. The van der Waals surface area contributed by atoms with Crippen LogP contribution >= 0.6 is 0 Å². The summed E-state index contributed by atoms with van der Waals surface area (Å²) in [5, 5.41) is 3.00. The van der Waals surface area contributed by atoms with E-state index in [-0.39, 0.29) is 23.4 Å². The van der Waals surface area contributed by atoms with Gasteiger partial charge < -0.3 is 10.2 Å². The van der Waals surface area contributed by atoms with Crippen LogP contribution in [0.4, 0.5) is 5.69 Å². The molecule has 0 spiro atoms. The molecule has 0 aromatic heterocycles. The van der Waals surface area contributed by atoms with Crippen molar-refractivity contribution in [1.29, 1.82) is 0 Å². The van der Waals surface area contributed by atoms with Crippen molar-refractivity contribution in [2.24, 2.45) is 0 Å². The summed E-state index contributed by atoms with van der Waals surface area (Å²) in [5.41, 5.74) is 4.13. The van der Waals surface area contributed by atoms with Crippen LogP contribution < -0.4 is 9.62 Å². The summed E-state index contributed by atoms with van der Waals surface area (Å²) in [6.07, 6.45) is 1.14. The van der Waals surface area contributed by atoms with Crippen molar-refractivity contribution in [2.45, 2.75) is 77.9 Å². The summed E-state index contributed by atoms with van der Waals surface area (Å²) >= 11 is 0. The molecule has 214 valence electrons. The first kappa shape index (κ1) is 30.9. The van der Waals surface area contributed by atoms with E-state index in [4.69, 9.17) is 0 Å². The molecular formula is C32H41N3O4S. The molecule has 0 bridgehead atoms. The second kappa shape index (κ2) is 13.6. The van der Waals surface area contributed by atoms with E-state index in [1.54, 1.807) is 42.5 Å². The molecule has 0 radical (unpaired) electrons. The first-order chi connectivity index (χ1) is 19.0. The molecule has 3 rings (SSSR count). The second-order valence-corrected chi connectivity index (χ2v) is 12.3. The van der Waals surface area contributed by atoms with E-state index in [1.807, 2.05) is 71.9 Å². The van der Waals surface area contributed by atoms with E-state index in [2.05, 4.69) is 5.32 Å². The topological polar surface area (TPSA) is 86.8 Å². The molecule has 0 heterocycles. The van der Waals surface area contributed by atoms with Gasteiger partial charge in [0.05, 0.1) is 10.6 Å². The van der Waals surface area contributed by atoms with Gasteiger partial charge in [-0.3, -0.25) is 13.9 Å². The van der Waals surface area contributed by atoms with Gasteiger partial charge in [0, 0.05) is 12.6 Å². The van der Waals surface area contributed by atoms with E-state index < -0.39 is 28.5 Å². The number of aryl methyl sites for hydroxylation is 3. The highest BCUT2D eigenvalue weighted by molar-refractivity contribution is 7.92. The maximum absolute atomic E-state index is 14.1. The number of amides is 2. The molecule has 0 aliphatic rings. The van der Waals surface area contributed by atoms with Crippen LogP contribution in [0.1, 0.15) is 55.9 Å². The number of benzene rings is 3. The second-order valence-electron chi connectivity index (χ2n) is 10.4. The Hall–Kier alpha value is -3.65. The zero-order chi connectivity index (χ0) is 29.4. The molecule has 8 heteroatoms. The number of nitrogens with one attached hydrogen (secondary N) is 1. The SMILES string of the molecule is CCC(C)NC(=O)C(CC)N(Cc1ccc(C)cc1)C(=O)CN(c1cccc(C)c1)S(=O)(=O)c1ccc(C)cc1. The molecule has 7 nitrogen and oxygen atoms in total. The Balaban J connectivity index is 2.05. The van der Waals surface area contributed by atoms with E-state index in [9.17, 15) is 18.0 Å². The zero-order valence-electron chi connectivity index (χ0n) is 24.3. The number of hydrogen-bond donors (Lipinski definition) is 1. The molecule has 3 aromatic rings. The van der Waals surface area contributed by atoms with Gasteiger partial charge in [-0.25, -0.2) is 8.42 Å². The molecule has 2 amide bonds. The Bertz CT molecular complexity index is 1400. The smallest absolute Gasteiger partial charge is 0.264 e. The molecule has 2 unspecified atom stereocenters. The molecule has 2 atom stereocenters. The summed E-state index contributed by atoms with van der Waals surface area (Å²) in [6, 6.07) is 20.6. The fourth-order valence-electron chi connectivity index (χ4n) is 4.40. The standard InChI is InChI=1S/C32H41N3O4S/c1-7-26(6)33-32(37)30(8-2)34(21-27-16-12-23(3)13-17-27)31(36)22-35(28-11-9-10-25(5)20-28)40(38,39)29-18-14-24(4)15-19-29/h9-20,26,30H,7-8,21-22H2,1-6H3,(H,33,37). The molecule has 0 saturated heterocycles. The number of nitrogens with zero attached hydrogens (tertiary/aromatic N) is 2. The summed E-state index contributed by atoms with van der Waals surface area (Å²) in [4.78, 5) is 29.1. The van der Waals surface area contributed by atoms with E-state index in [1.165, 1.54) is 4.90 Å². The summed E-state index contributed by atoms with van der Waals surface area (Å²) in [7, 11) is -4.09. The van der Waals surface area contributed by atoms with Gasteiger partial charge in [0.2, 0.25) is 11.8 Å². The van der Waals surface area contributed by atoms with Crippen LogP contribution in [-0.2, 0) is 26.2 Å². The Morgan fingerprint density at radius 2 is 1.43 bits per heavy atom. The number of hydrogen-bond acceptors (Lipinski definition) is 4. The van der Waals surface area contributed by atoms with Crippen LogP contribution in [0.5, 0.6) is 0 Å². The maximum atomic E-state index is 14.1.